The Bertz CT molecular complexity index is 1560. The van der Waals surface area contributed by atoms with Crippen molar-refractivity contribution in [1.29, 1.82) is 0 Å². The summed E-state index contributed by atoms with van der Waals surface area (Å²) in [6.45, 7) is 1.63. The lowest BCUT2D eigenvalue weighted by molar-refractivity contribution is 0.0934. The molecule has 5 aromatic rings. The molecule has 0 fully saturated rings. The number of carbonyl (C=O) groups is 1. The fourth-order valence-corrected chi connectivity index (χ4v) is 3.81. The predicted octanol–water partition coefficient (Wildman–Crippen LogP) is 3.70. The lowest BCUT2D eigenvalue weighted by Gasteiger charge is -2.16. The second-order valence-electron chi connectivity index (χ2n) is 8.01. The van der Waals surface area contributed by atoms with Gasteiger partial charge in [-0.05, 0) is 43.3 Å². The van der Waals surface area contributed by atoms with Crippen LogP contribution in [0.4, 0.5) is 10.2 Å². The third kappa shape index (κ3) is 4.29. The molecular formula is C25H21FN8O. The lowest BCUT2D eigenvalue weighted by atomic mass is 10.0. The zero-order chi connectivity index (χ0) is 24.5. The van der Waals surface area contributed by atoms with E-state index in [1.807, 2.05) is 30.3 Å². The highest BCUT2D eigenvalue weighted by molar-refractivity contribution is 5.98. The van der Waals surface area contributed by atoms with E-state index in [9.17, 15) is 9.18 Å². The van der Waals surface area contributed by atoms with Crippen LogP contribution in [0, 0.1) is 5.82 Å². The molecule has 0 saturated heterocycles. The molecule has 10 heteroatoms. The Hall–Kier alpha value is -4.73. The molecule has 0 spiro atoms. The summed E-state index contributed by atoms with van der Waals surface area (Å²) in [4.78, 5) is 30.6. The van der Waals surface area contributed by atoms with Crippen LogP contribution in [0.15, 0.2) is 67.1 Å². The average Bonchev–Trinajstić information content (AvgIpc) is 3.29. The molecule has 0 radical (unpaired) electrons. The molecule has 0 aliphatic carbocycles. The van der Waals surface area contributed by atoms with Crippen LogP contribution in [-0.2, 0) is 7.05 Å². The van der Waals surface area contributed by atoms with Crippen LogP contribution in [0.1, 0.15) is 29.1 Å². The zero-order valence-electron chi connectivity index (χ0n) is 19.0. The van der Waals surface area contributed by atoms with Gasteiger partial charge in [-0.1, -0.05) is 12.1 Å². The SMILES string of the molecule is CC(NC(=O)c1nc(-c2ccc3ncccc3c2)c(-c2ccn(C)n2)nc1N)c1ncccc1F. The van der Waals surface area contributed by atoms with Crippen molar-refractivity contribution >= 4 is 22.6 Å². The highest BCUT2D eigenvalue weighted by Crippen LogP contribution is 2.31. The Labute approximate surface area is 199 Å². The number of aryl methyl sites for hydroxylation is 1. The summed E-state index contributed by atoms with van der Waals surface area (Å²) in [7, 11) is 1.79. The number of hydrogen-bond donors (Lipinski definition) is 2. The zero-order valence-corrected chi connectivity index (χ0v) is 19.0. The maximum Gasteiger partial charge on any atom is 0.274 e. The Morgan fingerprint density at radius 2 is 1.86 bits per heavy atom. The van der Waals surface area contributed by atoms with Crippen LogP contribution in [0.25, 0.3) is 33.5 Å². The molecule has 0 bridgehead atoms. The number of nitrogens with one attached hydrogen (secondary N) is 1. The molecule has 1 unspecified atom stereocenters. The van der Waals surface area contributed by atoms with E-state index >= 15 is 0 Å². The summed E-state index contributed by atoms with van der Waals surface area (Å²) in [5.41, 5.74) is 9.19. The maximum atomic E-state index is 14.1. The van der Waals surface area contributed by atoms with E-state index in [1.54, 1.807) is 37.1 Å². The number of pyridine rings is 2. The van der Waals surface area contributed by atoms with Gasteiger partial charge in [-0.15, -0.1) is 0 Å². The molecule has 3 N–H and O–H groups in total. The van der Waals surface area contributed by atoms with Gasteiger partial charge in [-0.2, -0.15) is 5.10 Å². The van der Waals surface area contributed by atoms with Gasteiger partial charge in [0.15, 0.2) is 11.5 Å². The van der Waals surface area contributed by atoms with Crippen LogP contribution in [-0.4, -0.2) is 35.6 Å². The number of rotatable bonds is 5. The number of nitrogen functional groups attached to an aromatic ring is 1. The molecule has 9 nitrogen and oxygen atoms in total. The van der Waals surface area contributed by atoms with Crippen LogP contribution in [0.2, 0.25) is 0 Å². The topological polar surface area (TPSA) is 124 Å². The fourth-order valence-electron chi connectivity index (χ4n) is 3.81. The molecule has 0 aliphatic rings. The van der Waals surface area contributed by atoms with Gasteiger partial charge in [0.05, 0.1) is 22.9 Å². The lowest BCUT2D eigenvalue weighted by Crippen LogP contribution is -2.30. The predicted molar refractivity (Wildman–Crippen MR) is 129 cm³/mol. The molecular weight excluding hydrogens is 447 g/mol. The summed E-state index contributed by atoms with van der Waals surface area (Å²) in [5, 5.41) is 8.05. The minimum Gasteiger partial charge on any atom is -0.382 e. The largest absolute Gasteiger partial charge is 0.382 e. The number of amides is 1. The number of anilines is 1. The molecule has 0 aliphatic heterocycles. The quantitative estimate of drug-likeness (QED) is 0.403. The molecule has 35 heavy (non-hydrogen) atoms. The third-order valence-electron chi connectivity index (χ3n) is 5.52. The average molecular weight is 468 g/mol. The third-order valence-corrected chi connectivity index (χ3v) is 5.52. The van der Waals surface area contributed by atoms with E-state index in [-0.39, 0.29) is 17.2 Å². The van der Waals surface area contributed by atoms with E-state index in [2.05, 4.69) is 30.4 Å². The number of halogens is 1. The van der Waals surface area contributed by atoms with Crippen molar-refractivity contribution in [2.24, 2.45) is 7.05 Å². The van der Waals surface area contributed by atoms with Gasteiger partial charge >= 0.3 is 0 Å². The highest BCUT2D eigenvalue weighted by Gasteiger charge is 2.23. The maximum absolute atomic E-state index is 14.1. The summed E-state index contributed by atoms with van der Waals surface area (Å²) < 4.78 is 15.8. The van der Waals surface area contributed by atoms with Gasteiger partial charge in [0, 0.05) is 36.6 Å². The van der Waals surface area contributed by atoms with Gasteiger partial charge in [-0.25, -0.2) is 14.4 Å². The monoisotopic (exact) mass is 468 g/mol. The molecule has 174 valence electrons. The highest BCUT2D eigenvalue weighted by atomic mass is 19.1. The van der Waals surface area contributed by atoms with Crippen molar-refractivity contribution in [1.82, 2.24) is 35.0 Å². The number of benzene rings is 1. The number of carbonyl (C=O) groups excluding carboxylic acids is 1. The smallest absolute Gasteiger partial charge is 0.274 e. The summed E-state index contributed by atoms with van der Waals surface area (Å²) in [6.07, 6.45) is 4.97. The molecule has 0 saturated carbocycles. The van der Waals surface area contributed by atoms with E-state index in [0.717, 1.165) is 16.5 Å². The van der Waals surface area contributed by atoms with Gasteiger partial charge in [0.25, 0.3) is 5.91 Å². The normalized spacial score (nSPS) is 12.0. The van der Waals surface area contributed by atoms with E-state index in [0.29, 0.717) is 17.1 Å². The van der Waals surface area contributed by atoms with Crippen LogP contribution in [0.5, 0.6) is 0 Å². The Morgan fingerprint density at radius 3 is 2.63 bits per heavy atom. The minimum absolute atomic E-state index is 0.0666. The molecule has 4 heterocycles. The first-order chi connectivity index (χ1) is 16.9. The second kappa shape index (κ2) is 8.90. The summed E-state index contributed by atoms with van der Waals surface area (Å²) in [5.74, 6) is -1.18. The number of nitrogens with zero attached hydrogens (tertiary/aromatic N) is 6. The number of nitrogens with two attached hydrogens (primary N) is 1. The van der Waals surface area contributed by atoms with Crippen molar-refractivity contribution in [2.75, 3.05) is 5.73 Å². The molecule has 4 aromatic heterocycles. The van der Waals surface area contributed by atoms with Crippen molar-refractivity contribution < 1.29 is 9.18 Å². The van der Waals surface area contributed by atoms with Gasteiger partial charge < -0.3 is 11.1 Å². The van der Waals surface area contributed by atoms with Crippen molar-refractivity contribution in [3.05, 3.63) is 84.3 Å². The first-order valence-corrected chi connectivity index (χ1v) is 10.8. The first kappa shape index (κ1) is 22.1. The molecule has 5 rings (SSSR count). The van der Waals surface area contributed by atoms with Crippen molar-refractivity contribution in [2.45, 2.75) is 13.0 Å². The number of hydrogen-bond acceptors (Lipinski definition) is 7. The fraction of sp³-hybridized carbons (Fsp3) is 0.120. The van der Waals surface area contributed by atoms with Gasteiger partial charge in [0.1, 0.15) is 17.2 Å². The Morgan fingerprint density at radius 1 is 1.06 bits per heavy atom. The summed E-state index contributed by atoms with van der Waals surface area (Å²) >= 11 is 0. The van der Waals surface area contributed by atoms with E-state index in [1.165, 1.54) is 18.3 Å². The number of aromatic nitrogens is 6. The Balaban J connectivity index is 1.60. The van der Waals surface area contributed by atoms with Crippen molar-refractivity contribution in [3.8, 4) is 22.6 Å². The van der Waals surface area contributed by atoms with E-state index in [4.69, 9.17) is 5.73 Å². The minimum atomic E-state index is -0.712. The standard InChI is InChI=1S/C25H21FN8O/c1-14(20-17(26)6-4-11-29-20)30-25(35)23-24(27)32-22(19-9-12-34(2)33-19)21(31-23)16-7-8-18-15(13-16)5-3-10-28-18/h3-14H,1-2H3,(H2,27,32)(H,30,35). The van der Waals surface area contributed by atoms with Crippen LogP contribution < -0.4 is 11.1 Å². The van der Waals surface area contributed by atoms with E-state index < -0.39 is 17.8 Å². The molecule has 1 atom stereocenters. The second-order valence-corrected chi connectivity index (χ2v) is 8.01. The van der Waals surface area contributed by atoms with Crippen LogP contribution in [0.3, 0.4) is 0 Å². The van der Waals surface area contributed by atoms with Gasteiger partial charge in [0.2, 0.25) is 0 Å². The molecule has 1 aromatic carbocycles. The first-order valence-electron chi connectivity index (χ1n) is 10.8. The number of fused-ring (bicyclic) bond motifs is 1. The Kier molecular flexibility index (Phi) is 5.61. The molecule has 1 amide bonds. The van der Waals surface area contributed by atoms with Gasteiger partial charge in [-0.3, -0.25) is 19.4 Å². The van der Waals surface area contributed by atoms with Crippen molar-refractivity contribution in [3.63, 3.8) is 0 Å². The summed E-state index contributed by atoms with van der Waals surface area (Å²) in [6, 6.07) is 13.3. The van der Waals surface area contributed by atoms with Crippen LogP contribution >= 0.6 is 0 Å².